The number of aromatic nitrogens is 2. The van der Waals surface area contributed by atoms with Crippen LogP contribution in [0.2, 0.25) is 0 Å². The van der Waals surface area contributed by atoms with Crippen LogP contribution in [0.1, 0.15) is 0 Å². The first-order valence-electron chi connectivity index (χ1n) is 9.85. The van der Waals surface area contributed by atoms with Gasteiger partial charge in [0.15, 0.2) is 0 Å². The van der Waals surface area contributed by atoms with E-state index in [1.807, 2.05) is 59.6 Å². The third-order valence-corrected chi connectivity index (χ3v) is 5.06. The minimum absolute atomic E-state index is 0.233. The fourth-order valence-corrected chi connectivity index (χ4v) is 3.22. The van der Waals surface area contributed by atoms with Gasteiger partial charge in [-0.25, -0.2) is 9.97 Å². The van der Waals surface area contributed by atoms with Crippen LogP contribution in [0.15, 0.2) is 64.9 Å². The number of benzene rings is 2. The van der Waals surface area contributed by atoms with Crippen LogP contribution in [-0.4, -0.2) is 60.2 Å². The highest BCUT2D eigenvalue weighted by Gasteiger charge is 2.12. The molecule has 3 aromatic rings. The zero-order chi connectivity index (χ0) is 20.9. The van der Waals surface area contributed by atoms with Crippen LogP contribution in [0.5, 0.6) is 5.75 Å². The largest absolute Gasteiger partial charge is 0.497 e. The van der Waals surface area contributed by atoms with E-state index in [0.29, 0.717) is 0 Å². The summed E-state index contributed by atoms with van der Waals surface area (Å²) in [4.78, 5) is 11.1. The fourth-order valence-electron chi connectivity index (χ4n) is 3.22. The molecule has 154 valence electrons. The summed E-state index contributed by atoms with van der Waals surface area (Å²) in [5.41, 5.74) is 10.2. The maximum Gasteiger partial charge on any atom is 0.221 e. The summed E-state index contributed by atoms with van der Waals surface area (Å²) < 4.78 is 5.22. The summed E-state index contributed by atoms with van der Waals surface area (Å²) in [6, 6.07) is 17.4. The quantitative estimate of drug-likeness (QED) is 0.654. The summed E-state index contributed by atoms with van der Waals surface area (Å²) in [5, 5.41) is 10.7. The molecule has 30 heavy (non-hydrogen) atoms. The van der Waals surface area contributed by atoms with Gasteiger partial charge in [0.2, 0.25) is 5.95 Å². The van der Waals surface area contributed by atoms with E-state index in [9.17, 15) is 0 Å². The number of hydrogen-bond acceptors (Lipinski definition) is 7. The molecule has 8 nitrogen and oxygen atoms in total. The van der Waals surface area contributed by atoms with Gasteiger partial charge in [0.25, 0.3) is 0 Å². The van der Waals surface area contributed by atoms with Crippen molar-refractivity contribution in [2.75, 3.05) is 46.1 Å². The van der Waals surface area contributed by atoms with Crippen molar-refractivity contribution in [3.8, 4) is 28.3 Å². The molecule has 1 aromatic heterocycles. The molecule has 1 aliphatic rings. The third kappa shape index (κ3) is 4.72. The second kappa shape index (κ2) is 8.87. The SMILES string of the molecule is COc1ccc(-c2cc(-c3ccc(N=NN4CCN(C)CC4)cc3)nc(N)n2)cc1. The Labute approximate surface area is 176 Å². The lowest BCUT2D eigenvalue weighted by atomic mass is 10.1. The molecule has 1 saturated heterocycles. The van der Waals surface area contributed by atoms with Crippen LogP contribution in [0.4, 0.5) is 11.6 Å². The number of nitrogens with zero attached hydrogens (tertiary/aromatic N) is 6. The molecular weight excluding hydrogens is 378 g/mol. The number of anilines is 1. The zero-order valence-corrected chi connectivity index (χ0v) is 17.2. The maximum absolute atomic E-state index is 5.97. The average Bonchev–Trinajstić information content (AvgIpc) is 2.79. The number of hydrogen-bond donors (Lipinski definition) is 1. The van der Waals surface area contributed by atoms with E-state index in [0.717, 1.165) is 60.1 Å². The molecule has 2 aromatic carbocycles. The highest BCUT2D eigenvalue weighted by molar-refractivity contribution is 5.70. The molecule has 0 bridgehead atoms. The van der Waals surface area contributed by atoms with Crippen LogP contribution in [0.3, 0.4) is 0 Å². The number of rotatable bonds is 5. The Balaban J connectivity index is 1.51. The molecule has 0 aliphatic carbocycles. The Hall–Kier alpha value is -3.52. The van der Waals surface area contributed by atoms with E-state index in [1.165, 1.54) is 0 Å². The van der Waals surface area contributed by atoms with Crippen molar-refractivity contribution in [1.29, 1.82) is 0 Å². The van der Waals surface area contributed by atoms with Gasteiger partial charge >= 0.3 is 0 Å². The van der Waals surface area contributed by atoms with Crippen molar-refractivity contribution in [3.63, 3.8) is 0 Å². The Bertz CT molecular complexity index is 1010. The smallest absolute Gasteiger partial charge is 0.221 e. The topological polar surface area (TPSA) is 92.2 Å². The lowest BCUT2D eigenvalue weighted by molar-refractivity contribution is 0.150. The molecule has 8 heteroatoms. The Morgan fingerprint density at radius 3 is 2.00 bits per heavy atom. The molecule has 0 spiro atoms. The second-order valence-electron chi connectivity index (χ2n) is 7.22. The minimum Gasteiger partial charge on any atom is -0.497 e. The van der Waals surface area contributed by atoms with E-state index >= 15 is 0 Å². The molecule has 4 rings (SSSR count). The summed E-state index contributed by atoms with van der Waals surface area (Å²) in [6.45, 7) is 3.80. The van der Waals surface area contributed by atoms with E-state index < -0.39 is 0 Å². The standard InChI is InChI=1S/C22H25N7O/c1-28-11-13-29(14-12-28)27-26-18-7-3-16(4-8-18)20-15-21(25-22(23)24-20)17-5-9-19(30-2)10-6-17/h3-10,15H,11-14H2,1-2H3,(H2,23,24,25). The number of piperazine rings is 1. The van der Waals surface area contributed by atoms with Crippen LogP contribution < -0.4 is 10.5 Å². The molecule has 1 fully saturated rings. The van der Waals surface area contributed by atoms with Crippen LogP contribution in [0, 0.1) is 0 Å². The molecule has 0 unspecified atom stereocenters. The van der Waals surface area contributed by atoms with Crippen molar-refractivity contribution in [2.45, 2.75) is 0 Å². The van der Waals surface area contributed by atoms with Gasteiger partial charge < -0.3 is 15.4 Å². The molecular formula is C22H25N7O. The molecule has 0 atom stereocenters. The van der Waals surface area contributed by atoms with Crippen LogP contribution in [0.25, 0.3) is 22.5 Å². The Kier molecular flexibility index (Phi) is 5.85. The number of nitrogen functional groups attached to an aromatic ring is 1. The van der Waals surface area contributed by atoms with Gasteiger partial charge in [0.1, 0.15) is 5.75 Å². The predicted molar refractivity (Wildman–Crippen MR) is 117 cm³/mol. The first-order valence-corrected chi connectivity index (χ1v) is 9.85. The molecule has 2 N–H and O–H groups in total. The van der Waals surface area contributed by atoms with Crippen LogP contribution >= 0.6 is 0 Å². The number of methoxy groups -OCH3 is 1. The molecule has 0 radical (unpaired) electrons. The van der Waals surface area contributed by atoms with Gasteiger partial charge in [-0.05, 0) is 49.5 Å². The average molecular weight is 403 g/mol. The zero-order valence-electron chi connectivity index (χ0n) is 17.2. The Morgan fingerprint density at radius 1 is 0.867 bits per heavy atom. The lowest BCUT2D eigenvalue weighted by Gasteiger charge is -2.29. The predicted octanol–water partition coefficient (Wildman–Crippen LogP) is 3.65. The number of likely N-dealkylation sites (N-methyl/N-ethyl adjacent to an activating group) is 1. The summed E-state index contributed by atoms with van der Waals surface area (Å²) in [6.07, 6.45) is 0. The highest BCUT2D eigenvalue weighted by Crippen LogP contribution is 2.27. The van der Waals surface area contributed by atoms with E-state index in [4.69, 9.17) is 10.5 Å². The maximum atomic E-state index is 5.97. The normalized spacial score (nSPS) is 14.9. The third-order valence-electron chi connectivity index (χ3n) is 5.06. The van der Waals surface area contributed by atoms with Crippen LogP contribution in [-0.2, 0) is 0 Å². The number of nitrogens with two attached hydrogens (primary N) is 1. The van der Waals surface area contributed by atoms with E-state index in [-0.39, 0.29) is 5.95 Å². The molecule has 0 amide bonds. The van der Waals surface area contributed by atoms with Crippen molar-refractivity contribution < 1.29 is 4.74 Å². The first-order chi connectivity index (χ1) is 14.6. The van der Waals surface area contributed by atoms with Gasteiger partial charge in [-0.3, -0.25) is 5.01 Å². The monoisotopic (exact) mass is 403 g/mol. The van der Waals surface area contributed by atoms with E-state index in [1.54, 1.807) is 7.11 Å². The van der Waals surface area contributed by atoms with Gasteiger partial charge in [-0.15, -0.1) is 5.11 Å². The van der Waals surface area contributed by atoms with E-state index in [2.05, 4.69) is 32.3 Å². The van der Waals surface area contributed by atoms with Gasteiger partial charge in [-0.1, -0.05) is 17.4 Å². The second-order valence-corrected chi connectivity index (χ2v) is 7.22. The van der Waals surface area contributed by atoms with Gasteiger partial charge in [0, 0.05) is 24.2 Å². The van der Waals surface area contributed by atoms with Gasteiger partial charge in [-0.2, -0.15) is 0 Å². The van der Waals surface area contributed by atoms with Crippen molar-refractivity contribution >= 4 is 11.6 Å². The molecule has 0 saturated carbocycles. The van der Waals surface area contributed by atoms with Crippen molar-refractivity contribution in [1.82, 2.24) is 19.9 Å². The summed E-state index contributed by atoms with van der Waals surface area (Å²) in [5.74, 6) is 1.03. The molecule has 1 aliphatic heterocycles. The lowest BCUT2D eigenvalue weighted by Crippen LogP contribution is -2.41. The van der Waals surface area contributed by atoms with Crippen molar-refractivity contribution in [2.24, 2.45) is 10.3 Å². The fraction of sp³-hybridized carbons (Fsp3) is 0.273. The minimum atomic E-state index is 0.233. The molecule has 2 heterocycles. The highest BCUT2D eigenvalue weighted by atomic mass is 16.5. The van der Waals surface area contributed by atoms with Crippen molar-refractivity contribution in [3.05, 3.63) is 54.6 Å². The Morgan fingerprint density at radius 2 is 1.43 bits per heavy atom. The first kappa shape index (κ1) is 19.8. The van der Waals surface area contributed by atoms with Gasteiger partial charge in [0.05, 0.1) is 37.3 Å². The number of ether oxygens (including phenoxy) is 1. The summed E-state index contributed by atoms with van der Waals surface area (Å²) in [7, 11) is 3.76. The summed E-state index contributed by atoms with van der Waals surface area (Å²) >= 11 is 0.